The quantitative estimate of drug-likeness (QED) is 0.811. The zero-order valence-corrected chi connectivity index (χ0v) is 16.0. The highest BCUT2D eigenvalue weighted by molar-refractivity contribution is 8.00. The van der Waals surface area contributed by atoms with Crippen LogP contribution in [0.2, 0.25) is 0 Å². The highest BCUT2D eigenvalue weighted by Crippen LogP contribution is 2.44. The minimum Gasteiger partial charge on any atom is -0.497 e. The smallest absolute Gasteiger partial charge is 0.290 e. The lowest BCUT2D eigenvalue weighted by atomic mass is 10.0. The Morgan fingerprint density at radius 1 is 1.11 bits per heavy atom. The van der Waals surface area contributed by atoms with E-state index in [9.17, 15) is 9.59 Å². The standard InChI is InChI=1S/C20H22N2O4S/c1-25-16-5-2-4-15(14-16)18(23)21-9-7-20(8-10-21)22(11-13-27-20)19(24)17-6-3-12-26-17/h2-6,12,14H,7-11,13H2,1H3. The average molecular weight is 386 g/mol. The average Bonchev–Trinajstić information content (AvgIpc) is 3.38. The lowest BCUT2D eigenvalue weighted by Gasteiger charge is -2.43. The van der Waals surface area contributed by atoms with Crippen molar-refractivity contribution in [3.8, 4) is 5.75 Å². The van der Waals surface area contributed by atoms with Gasteiger partial charge in [0, 0.05) is 31.0 Å². The Hall–Kier alpha value is -2.41. The maximum atomic E-state index is 12.8. The molecule has 0 aliphatic carbocycles. The van der Waals surface area contributed by atoms with Crippen molar-refractivity contribution < 1.29 is 18.7 Å². The van der Waals surface area contributed by atoms with Crippen LogP contribution in [0, 0.1) is 0 Å². The first-order valence-corrected chi connectivity index (χ1v) is 10.0. The molecule has 6 nitrogen and oxygen atoms in total. The van der Waals surface area contributed by atoms with Crippen LogP contribution in [0.25, 0.3) is 0 Å². The second-order valence-electron chi connectivity index (χ2n) is 6.75. The summed E-state index contributed by atoms with van der Waals surface area (Å²) >= 11 is 1.82. The number of methoxy groups -OCH3 is 1. The molecule has 2 aliphatic heterocycles. The third kappa shape index (κ3) is 3.32. The zero-order valence-electron chi connectivity index (χ0n) is 15.2. The number of hydrogen-bond donors (Lipinski definition) is 0. The minimum atomic E-state index is -0.241. The molecule has 0 radical (unpaired) electrons. The predicted molar refractivity (Wildman–Crippen MR) is 103 cm³/mol. The van der Waals surface area contributed by atoms with E-state index >= 15 is 0 Å². The van der Waals surface area contributed by atoms with E-state index in [0.29, 0.717) is 36.7 Å². The van der Waals surface area contributed by atoms with Gasteiger partial charge in [-0.3, -0.25) is 9.59 Å². The van der Waals surface area contributed by atoms with Crippen molar-refractivity contribution in [1.29, 1.82) is 0 Å². The van der Waals surface area contributed by atoms with Crippen molar-refractivity contribution in [2.24, 2.45) is 0 Å². The number of amides is 2. The van der Waals surface area contributed by atoms with Crippen LogP contribution >= 0.6 is 11.8 Å². The first-order chi connectivity index (χ1) is 13.1. The number of hydrogen-bond acceptors (Lipinski definition) is 5. The summed E-state index contributed by atoms with van der Waals surface area (Å²) in [6, 6.07) is 10.7. The fourth-order valence-corrected chi connectivity index (χ4v) is 5.30. The van der Waals surface area contributed by atoms with E-state index in [2.05, 4.69) is 0 Å². The van der Waals surface area contributed by atoms with Crippen LogP contribution in [0.4, 0.5) is 0 Å². The van der Waals surface area contributed by atoms with E-state index < -0.39 is 0 Å². The van der Waals surface area contributed by atoms with Crippen LogP contribution in [0.1, 0.15) is 33.8 Å². The van der Waals surface area contributed by atoms with Gasteiger partial charge in [-0.05, 0) is 43.2 Å². The largest absolute Gasteiger partial charge is 0.497 e. The molecule has 0 unspecified atom stereocenters. The molecule has 0 saturated carbocycles. The second-order valence-corrected chi connectivity index (χ2v) is 8.21. The van der Waals surface area contributed by atoms with Gasteiger partial charge in [0.15, 0.2) is 5.76 Å². The number of ether oxygens (including phenoxy) is 1. The molecule has 1 aromatic carbocycles. The van der Waals surface area contributed by atoms with E-state index in [0.717, 1.165) is 18.6 Å². The molecule has 1 aromatic heterocycles. The Labute approximate surface area is 162 Å². The number of carbonyl (C=O) groups is 2. The molecule has 0 N–H and O–H groups in total. The fraction of sp³-hybridized carbons (Fsp3) is 0.400. The van der Waals surface area contributed by atoms with Crippen LogP contribution in [-0.4, -0.2) is 59.0 Å². The summed E-state index contributed by atoms with van der Waals surface area (Å²) in [5, 5.41) is 0. The molecule has 4 rings (SSSR count). The number of carbonyl (C=O) groups excluding carboxylic acids is 2. The van der Waals surface area contributed by atoms with E-state index in [-0.39, 0.29) is 16.7 Å². The highest BCUT2D eigenvalue weighted by Gasteiger charge is 2.47. The number of benzene rings is 1. The van der Waals surface area contributed by atoms with Crippen LogP contribution in [0.5, 0.6) is 5.75 Å². The molecular weight excluding hydrogens is 364 g/mol. The van der Waals surface area contributed by atoms with Crippen molar-refractivity contribution in [3.63, 3.8) is 0 Å². The molecule has 3 heterocycles. The summed E-state index contributed by atoms with van der Waals surface area (Å²) in [4.78, 5) is 29.2. The predicted octanol–water partition coefficient (Wildman–Crippen LogP) is 3.11. The van der Waals surface area contributed by atoms with Crippen molar-refractivity contribution in [1.82, 2.24) is 9.80 Å². The maximum Gasteiger partial charge on any atom is 0.290 e. The number of thioether (sulfide) groups is 1. The Balaban J connectivity index is 1.46. The molecule has 27 heavy (non-hydrogen) atoms. The fourth-order valence-electron chi connectivity index (χ4n) is 3.84. The van der Waals surface area contributed by atoms with E-state index in [4.69, 9.17) is 9.15 Å². The number of likely N-dealkylation sites (tertiary alicyclic amines) is 1. The van der Waals surface area contributed by atoms with Gasteiger partial charge in [-0.25, -0.2) is 0 Å². The van der Waals surface area contributed by atoms with Crippen LogP contribution in [-0.2, 0) is 0 Å². The maximum absolute atomic E-state index is 12.8. The molecule has 2 aromatic rings. The van der Waals surface area contributed by atoms with Gasteiger partial charge in [0.25, 0.3) is 11.8 Å². The SMILES string of the molecule is COc1cccc(C(=O)N2CCC3(CC2)SCCN3C(=O)c2ccco2)c1. The summed E-state index contributed by atoms with van der Waals surface area (Å²) in [7, 11) is 1.59. The van der Waals surface area contributed by atoms with Gasteiger partial charge >= 0.3 is 0 Å². The van der Waals surface area contributed by atoms with Gasteiger partial charge < -0.3 is 19.0 Å². The Kier molecular flexibility index (Phi) is 4.86. The highest BCUT2D eigenvalue weighted by atomic mass is 32.2. The van der Waals surface area contributed by atoms with Crippen LogP contribution in [0.3, 0.4) is 0 Å². The molecule has 1 spiro atoms. The van der Waals surface area contributed by atoms with E-state index in [1.807, 2.05) is 39.8 Å². The third-order valence-corrected chi connectivity index (χ3v) is 6.86. The first kappa shape index (κ1) is 18.0. The Bertz CT molecular complexity index is 828. The number of rotatable bonds is 3. The van der Waals surface area contributed by atoms with Crippen LogP contribution in [0.15, 0.2) is 47.1 Å². The number of furan rings is 1. The van der Waals surface area contributed by atoms with E-state index in [1.165, 1.54) is 6.26 Å². The number of nitrogens with zero attached hydrogens (tertiary/aromatic N) is 2. The molecule has 2 saturated heterocycles. The van der Waals surface area contributed by atoms with Gasteiger partial charge in [-0.15, -0.1) is 11.8 Å². The monoisotopic (exact) mass is 386 g/mol. The van der Waals surface area contributed by atoms with Crippen molar-refractivity contribution in [2.75, 3.05) is 32.5 Å². The summed E-state index contributed by atoms with van der Waals surface area (Å²) in [6.07, 6.45) is 3.05. The third-order valence-electron chi connectivity index (χ3n) is 5.30. The molecular formula is C20H22N2O4S. The second kappa shape index (κ2) is 7.31. The Morgan fingerprint density at radius 3 is 2.63 bits per heavy atom. The van der Waals surface area contributed by atoms with Gasteiger partial charge in [0.1, 0.15) is 5.75 Å². The minimum absolute atomic E-state index is 0.00987. The summed E-state index contributed by atoms with van der Waals surface area (Å²) in [5.41, 5.74) is 0.632. The lowest BCUT2D eigenvalue weighted by Crippen LogP contribution is -2.53. The van der Waals surface area contributed by atoms with Crippen molar-refractivity contribution in [2.45, 2.75) is 17.7 Å². The molecule has 142 valence electrons. The Morgan fingerprint density at radius 2 is 1.93 bits per heavy atom. The number of piperidine rings is 1. The van der Waals surface area contributed by atoms with Gasteiger partial charge in [0.2, 0.25) is 0 Å². The summed E-state index contributed by atoms with van der Waals surface area (Å²) in [5.74, 6) is 1.92. The topological polar surface area (TPSA) is 63.0 Å². The molecule has 2 amide bonds. The van der Waals surface area contributed by atoms with Crippen molar-refractivity contribution >= 4 is 23.6 Å². The zero-order chi connectivity index (χ0) is 18.9. The normalized spacial score (nSPS) is 18.7. The molecule has 2 fully saturated rings. The lowest BCUT2D eigenvalue weighted by molar-refractivity contribution is 0.0477. The van der Waals surface area contributed by atoms with Crippen LogP contribution < -0.4 is 4.74 Å². The molecule has 0 bridgehead atoms. The first-order valence-electron chi connectivity index (χ1n) is 9.06. The molecule has 0 atom stereocenters. The van der Waals surface area contributed by atoms with E-state index in [1.54, 1.807) is 25.3 Å². The van der Waals surface area contributed by atoms with Crippen molar-refractivity contribution in [3.05, 3.63) is 54.0 Å². The molecule has 7 heteroatoms. The van der Waals surface area contributed by atoms with Gasteiger partial charge in [-0.1, -0.05) is 6.07 Å². The summed E-state index contributed by atoms with van der Waals surface area (Å²) in [6.45, 7) is 1.98. The van der Waals surface area contributed by atoms with Gasteiger partial charge in [0.05, 0.1) is 18.2 Å². The summed E-state index contributed by atoms with van der Waals surface area (Å²) < 4.78 is 10.5. The molecule has 2 aliphatic rings. The van der Waals surface area contributed by atoms with Gasteiger partial charge in [-0.2, -0.15) is 0 Å².